The molecule has 0 bridgehead atoms. The van der Waals surface area contributed by atoms with Crippen molar-refractivity contribution in [1.29, 1.82) is 0 Å². The Bertz CT molecular complexity index is 439. The van der Waals surface area contributed by atoms with Gasteiger partial charge >= 0.3 is 0 Å². The first-order valence-corrected chi connectivity index (χ1v) is 7.04. The molecule has 1 N–H and O–H groups in total. The lowest BCUT2D eigenvalue weighted by Crippen LogP contribution is -2.30. The maximum absolute atomic E-state index is 12.5. The molecule has 1 aromatic carbocycles. The van der Waals surface area contributed by atoms with E-state index in [-0.39, 0.29) is 5.41 Å². The number of hydrogen-bond donors (Lipinski definition) is 1. The monoisotopic (exact) mass is 243 g/mol. The molecule has 1 aliphatic carbocycles. The van der Waals surface area contributed by atoms with Gasteiger partial charge in [-0.15, -0.1) is 0 Å². The van der Waals surface area contributed by atoms with Gasteiger partial charge in [-0.25, -0.2) is 0 Å². The number of nitrogens with one attached hydrogen (secondary N) is 1. The van der Waals surface area contributed by atoms with Crippen LogP contribution in [0, 0.1) is 5.41 Å². The van der Waals surface area contributed by atoms with Crippen molar-refractivity contribution in [2.24, 2.45) is 5.41 Å². The second-order valence-electron chi connectivity index (χ2n) is 6.07. The minimum atomic E-state index is -0.196. The summed E-state index contributed by atoms with van der Waals surface area (Å²) >= 11 is 0. The van der Waals surface area contributed by atoms with Crippen LogP contribution in [0.5, 0.6) is 0 Å². The van der Waals surface area contributed by atoms with Crippen molar-refractivity contribution in [2.45, 2.75) is 38.5 Å². The highest BCUT2D eigenvalue weighted by atomic mass is 16.1. The molecule has 2 fully saturated rings. The molecule has 1 saturated heterocycles. The second kappa shape index (κ2) is 4.51. The molecule has 1 unspecified atom stereocenters. The molecule has 1 aliphatic heterocycles. The van der Waals surface area contributed by atoms with Crippen LogP contribution >= 0.6 is 0 Å². The van der Waals surface area contributed by atoms with Gasteiger partial charge in [0.25, 0.3) is 0 Å². The van der Waals surface area contributed by atoms with Crippen molar-refractivity contribution >= 4 is 5.78 Å². The summed E-state index contributed by atoms with van der Waals surface area (Å²) in [5.74, 6) is 1.05. The van der Waals surface area contributed by atoms with Crippen LogP contribution in [-0.2, 0) is 0 Å². The minimum Gasteiger partial charge on any atom is -0.316 e. The quantitative estimate of drug-likeness (QED) is 0.826. The Morgan fingerprint density at radius 3 is 2.50 bits per heavy atom. The molecule has 1 heterocycles. The molecular formula is C16H21NO. The number of carbonyl (C=O) groups is 1. The molecule has 1 aromatic rings. The van der Waals surface area contributed by atoms with E-state index in [0.29, 0.717) is 5.78 Å². The normalized spacial score (nSPS) is 28.1. The molecular weight excluding hydrogens is 222 g/mol. The summed E-state index contributed by atoms with van der Waals surface area (Å²) in [7, 11) is 0. The topological polar surface area (TPSA) is 29.1 Å². The molecule has 0 amide bonds. The van der Waals surface area contributed by atoms with Gasteiger partial charge in [-0.2, -0.15) is 0 Å². The van der Waals surface area contributed by atoms with E-state index < -0.39 is 0 Å². The fraction of sp³-hybridized carbons (Fsp3) is 0.562. The van der Waals surface area contributed by atoms with Crippen LogP contribution in [0.15, 0.2) is 24.3 Å². The van der Waals surface area contributed by atoms with E-state index in [1.54, 1.807) is 0 Å². The SMILES string of the molecule is CC1(C(=O)c2ccc(C3CCC3)cc2)CCNC1. The molecule has 18 heavy (non-hydrogen) atoms. The largest absolute Gasteiger partial charge is 0.316 e. The lowest BCUT2D eigenvalue weighted by Gasteiger charge is -2.26. The van der Waals surface area contributed by atoms with Crippen LogP contribution in [0.4, 0.5) is 0 Å². The Kier molecular flexibility index (Phi) is 2.98. The summed E-state index contributed by atoms with van der Waals surface area (Å²) in [6.07, 6.45) is 4.94. The van der Waals surface area contributed by atoms with Crippen LogP contribution in [-0.4, -0.2) is 18.9 Å². The fourth-order valence-electron chi connectivity index (χ4n) is 3.01. The molecule has 1 atom stereocenters. The number of Topliss-reactive ketones (excluding diaryl/α,β-unsaturated/α-hetero) is 1. The van der Waals surface area contributed by atoms with Crippen molar-refractivity contribution in [2.75, 3.05) is 13.1 Å². The number of carbonyl (C=O) groups excluding carboxylic acids is 1. The van der Waals surface area contributed by atoms with Gasteiger partial charge in [-0.3, -0.25) is 4.79 Å². The summed E-state index contributed by atoms with van der Waals surface area (Å²) in [6, 6.07) is 8.37. The zero-order valence-corrected chi connectivity index (χ0v) is 11.0. The highest BCUT2D eigenvalue weighted by Crippen LogP contribution is 2.37. The Morgan fingerprint density at radius 1 is 1.28 bits per heavy atom. The van der Waals surface area contributed by atoms with Crippen LogP contribution in [0.1, 0.15) is 54.4 Å². The van der Waals surface area contributed by atoms with E-state index in [1.165, 1.54) is 24.8 Å². The summed E-state index contributed by atoms with van der Waals surface area (Å²) < 4.78 is 0. The summed E-state index contributed by atoms with van der Waals surface area (Å²) in [5, 5.41) is 3.29. The summed E-state index contributed by atoms with van der Waals surface area (Å²) in [6.45, 7) is 3.85. The van der Waals surface area contributed by atoms with Crippen molar-refractivity contribution < 1.29 is 4.79 Å². The van der Waals surface area contributed by atoms with E-state index in [2.05, 4.69) is 24.4 Å². The van der Waals surface area contributed by atoms with Crippen LogP contribution < -0.4 is 5.32 Å². The average Bonchev–Trinajstić information content (AvgIpc) is 2.75. The number of ketones is 1. The van der Waals surface area contributed by atoms with Crippen molar-refractivity contribution in [3.8, 4) is 0 Å². The molecule has 0 aromatic heterocycles. The molecule has 2 heteroatoms. The number of benzene rings is 1. The lowest BCUT2D eigenvalue weighted by atomic mass is 9.78. The third-order valence-electron chi connectivity index (χ3n) is 4.67. The highest BCUT2D eigenvalue weighted by molar-refractivity contribution is 6.00. The maximum Gasteiger partial charge on any atom is 0.170 e. The Morgan fingerprint density at radius 2 is 2.00 bits per heavy atom. The first kappa shape index (κ1) is 11.9. The third-order valence-corrected chi connectivity index (χ3v) is 4.67. The predicted molar refractivity (Wildman–Crippen MR) is 73.0 cm³/mol. The Labute approximate surface area is 109 Å². The number of hydrogen-bond acceptors (Lipinski definition) is 2. The van der Waals surface area contributed by atoms with E-state index in [1.807, 2.05) is 12.1 Å². The molecule has 3 rings (SSSR count). The van der Waals surface area contributed by atoms with Gasteiger partial charge < -0.3 is 5.32 Å². The van der Waals surface area contributed by atoms with E-state index >= 15 is 0 Å². The molecule has 0 radical (unpaired) electrons. The number of rotatable bonds is 3. The van der Waals surface area contributed by atoms with E-state index in [9.17, 15) is 4.79 Å². The average molecular weight is 243 g/mol. The van der Waals surface area contributed by atoms with Crippen molar-refractivity contribution in [1.82, 2.24) is 5.32 Å². The summed E-state index contributed by atoms with van der Waals surface area (Å²) in [5.41, 5.74) is 2.09. The van der Waals surface area contributed by atoms with Gasteiger partial charge in [0, 0.05) is 17.5 Å². The van der Waals surface area contributed by atoms with Gasteiger partial charge in [-0.1, -0.05) is 37.6 Å². The minimum absolute atomic E-state index is 0.196. The standard InChI is InChI=1S/C16H21NO/c1-16(9-10-17-11-16)15(18)14-7-5-13(6-8-14)12-3-2-4-12/h5-8,12,17H,2-4,9-11H2,1H3. The first-order chi connectivity index (χ1) is 8.69. The molecule has 2 aliphatic rings. The third kappa shape index (κ3) is 1.99. The zero-order valence-electron chi connectivity index (χ0n) is 11.0. The van der Waals surface area contributed by atoms with Crippen LogP contribution in [0.25, 0.3) is 0 Å². The second-order valence-corrected chi connectivity index (χ2v) is 6.07. The lowest BCUT2D eigenvalue weighted by molar-refractivity contribution is 0.0839. The van der Waals surface area contributed by atoms with Gasteiger partial charge in [0.2, 0.25) is 0 Å². The maximum atomic E-state index is 12.5. The van der Waals surface area contributed by atoms with Gasteiger partial charge in [0.15, 0.2) is 5.78 Å². The van der Waals surface area contributed by atoms with E-state index in [4.69, 9.17) is 0 Å². The smallest absolute Gasteiger partial charge is 0.170 e. The Hall–Kier alpha value is -1.15. The predicted octanol–water partition coefficient (Wildman–Crippen LogP) is 3.14. The Balaban J connectivity index is 1.77. The molecule has 96 valence electrons. The van der Waals surface area contributed by atoms with Gasteiger partial charge in [-0.05, 0) is 37.3 Å². The van der Waals surface area contributed by atoms with Crippen LogP contribution in [0.2, 0.25) is 0 Å². The van der Waals surface area contributed by atoms with E-state index in [0.717, 1.165) is 31.0 Å². The van der Waals surface area contributed by atoms with Gasteiger partial charge in [0.1, 0.15) is 0 Å². The first-order valence-electron chi connectivity index (χ1n) is 7.04. The molecule has 0 spiro atoms. The van der Waals surface area contributed by atoms with Crippen LogP contribution in [0.3, 0.4) is 0 Å². The fourth-order valence-corrected chi connectivity index (χ4v) is 3.01. The van der Waals surface area contributed by atoms with Crippen molar-refractivity contribution in [3.05, 3.63) is 35.4 Å². The zero-order chi connectivity index (χ0) is 12.6. The highest BCUT2D eigenvalue weighted by Gasteiger charge is 2.36. The van der Waals surface area contributed by atoms with Crippen molar-refractivity contribution in [3.63, 3.8) is 0 Å². The van der Waals surface area contributed by atoms with Gasteiger partial charge in [0.05, 0.1) is 0 Å². The summed E-state index contributed by atoms with van der Waals surface area (Å²) in [4.78, 5) is 12.5. The molecule has 1 saturated carbocycles. The molecule has 2 nitrogen and oxygen atoms in total.